The van der Waals surface area contributed by atoms with Crippen molar-refractivity contribution >= 4 is 0 Å². The lowest BCUT2D eigenvalue weighted by Gasteiger charge is -2.06. The van der Waals surface area contributed by atoms with Crippen molar-refractivity contribution in [3.05, 3.63) is 29.3 Å². The number of aromatic hydroxyl groups is 1. The van der Waals surface area contributed by atoms with Crippen LogP contribution in [0.4, 0.5) is 0 Å². The highest BCUT2D eigenvalue weighted by atomic mass is 16.5. The van der Waals surface area contributed by atoms with Crippen LogP contribution in [0.2, 0.25) is 0 Å². The van der Waals surface area contributed by atoms with Crippen molar-refractivity contribution in [3.8, 4) is 5.75 Å². The van der Waals surface area contributed by atoms with Gasteiger partial charge < -0.3 is 15.6 Å². The summed E-state index contributed by atoms with van der Waals surface area (Å²) in [6.45, 7) is 1.18. The molecule has 0 atom stereocenters. The molecule has 0 radical (unpaired) electrons. The van der Waals surface area contributed by atoms with E-state index in [9.17, 15) is 5.11 Å². The van der Waals surface area contributed by atoms with Crippen molar-refractivity contribution in [2.75, 3.05) is 13.7 Å². The minimum absolute atomic E-state index is 0.341. The fourth-order valence-corrected chi connectivity index (χ4v) is 1.37. The van der Waals surface area contributed by atoms with Crippen molar-refractivity contribution in [1.29, 1.82) is 0 Å². The second-order valence-corrected chi connectivity index (χ2v) is 3.29. The number of benzene rings is 1. The topological polar surface area (TPSA) is 55.5 Å². The fraction of sp³-hybridized carbons (Fsp3) is 0.455. The number of methoxy groups -OCH3 is 1. The van der Waals surface area contributed by atoms with E-state index in [1.807, 2.05) is 12.1 Å². The van der Waals surface area contributed by atoms with Crippen LogP contribution in [0.1, 0.15) is 17.5 Å². The van der Waals surface area contributed by atoms with Gasteiger partial charge in [0.1, 0.15) is 5.75 Å². The standard InChI is InChI=1S/C11H17NO2/c1-14-8-9-4-5-10(3-2-6-12)11(13)7-9/h4-5,7,13H,2-3,6,8,12H2,1H3. The van der Waals surface area contributed by atoms with E-state index in [1.165, 1.54) is 0 Å². The number of rotatable bonds is 5. The summed E-state index contributed by atoms with van der Waals surface area (Å²) in [6, 6.07) is 5.64. The van der Waals surface area contributed by atoms with Gasteiger partial charge in [-0.3, -0.25) is 0 Å². The molecule has 0 spiro atoms. The Morgan fingerprint density at radius 3 is 2.79 bits per heavy atom. The van der Waals surface area contributed by atoms with Gasteiger partial charge in [-0.15, -0.1) is 0 Å². The molecule has 0 aliphatic carbocycles. The maximum absolute atomic E-state index is 9.65. The molecular formula is C11H17NO2. The first-order chi connectivity index (χ1) is 6.77. The van der Waals surface area contributed by atoms with Crippen LogP contribution >= 0.6 is 0 Å². The summed E-state index contributed by atoms with van der Waals surface area (Å²) in [5.41, 5.74) is 7.34. The van der Waals surface area contributed by atoms with Gasteiger partial charge in [0.2, 0.25) is 0 Å². The quantitative estimate of drug-likeness (QED) is 0.747. The van der Waals surface area contributed by atoms with Crippen molar-refractivity contribution in [3.63, 3.8) is 0 Å². The van der Waals surface area contributed by atoms with E-state index < -0.39 is 0 Å². The molecule has 0 bridgehead atoms. The van der Waals surface area contributed by atoms with E-state index in [0.29, 0.717) is 18.9 Å². The third-order valence-corrected chi connectivity index (χ3v) is 2.11. The van der Waals surface area contributed by atoms with Gasteiger partial charge in [-0.1, -0.05) is 12.1 Å². The third kappa shape index (κ3) is 3.01. The van der Waals surface area contributed by atoms with E-state index in [1.54, 1.807) is 13.2 Å². The Balaban J connectivity index is 2.68. The summed E-state index contributed by atoms with van der Waals surface area (Å²) in [4.78, 5) is 0. The Hall–Kier alpha value is -1.06. The van der Waals surface area contributed by atoms with Crippen LogP contribution < -0.4 is 5.73 Å². The van der Waals surface area contributed by atoms with Crippen molar-refractivity contribution in [2.45, 2.75) is 19.4 Å². The predicted octanol–water partition coefficient (Wildman–Crippen LogP) is 1.43. The molecule has 0 aliphatic rings. The molecule has 3 nitrogen and oxygen atoms in total. The second-order valence-electron chi connectivity index (χ2n) is 3.29. The number of phenols is 1. The zero-order valence-electron chi connectivity index (χ0n) is 8.49. The lowest BCUT2D eigenvalue weighted by molar-refractivity contribution is 0.184. The molecular weight excluding hydrogens is 178 g/mol. The first-order valence-corrected chi connectivity index (χ1v) is 4.77. The van der Waals surface area contributed by atoms with Crippen molar-refractivity contribution in [2.24, 2.45) is 5.73 Å². The fourth-order valence-electron chi connectivity index (χ4n) is 1.37. The van der Waals surface area contributed by atoms with E-state index >= 15 is 0 Å². The zero-order chi connectivity index (χ0) is 10.4. The normalized spacial score (nSPS) is 10.4. The van der Waals surface area contributed by atoms with Gasteiger partial charge in [-0.2, -0.15) is 0 Å². The highest BCUT2D eigenvalue weighted by Gasteiger charge is 2.01. The second kappa shape index (κ2) is 5.62. The molecule has 0 saturated carbocycles. The highest BCUT2D eigenvalue weighted by Crippen LogP contribution is 2.20. The molecule has 0 heterocycles. The van der Waals surface area contributed by atoms with Crippen molar-refractivity contribution < 1.29 is 9.84 Å². The molecule has 14 heavy (non-hydrogen) atoms. The number of ether oxygens (including phenoxy) is 1. The molecule has 0 aromatic heterocycles. The van der Waals surface area contributed by atoms with E-state index in [0.717, 1.165) is 24.0 Å². The van der Waals surface area contributed by atoms with Crippen LogP contribution in [0.25, 0.3) is 0 Å². The van der Waals surface area contributed by atoms with Crippen LogP contribution in [-0.2, 0) is 17.8 Å². The zero-order valence-corrected chi connectivity index (χ0v) is 8.49. The maximum Gasteiger partial charge on any atom is 0.119 e. The average molecular weight is 195 g/mol. The third-order valence-electron chi connectivity index (χ3n) is 2.11. The van der Waals surface area contributed by atoms with Gasteiger partial charge in [0, 0.05) is 7.11 Å². The molecule has 0 unspecified atom stereocenters. The van der Waals surface area contributed by atoms with E-state index in [2.05, 4.69) is 0 Å². The summed E-state index contributed by atoms with van der Waals surface area (Å²) in [5.74, 6) is 0.341. The number of hydrogen-bond acceptors (Lipinski definition) is 3. The van der Waals surface area contributed by atoms with Gasteiger partial charge in [0.05, 0.1) is 6.61 Å². The largest absolute Gasteiger partial charge is 0.508 e. The van der Waals surface area contributed by atoms with Gasteiger partial charge in [-0.25, -0.2) is 0 Å². The molecule has 1 aromatic carbocycles. The summed E-state index contributed by atoms with van der Waals surface area (Å²) >= 11 is 0. The lowest BCUT2D eigenvalue weighted by Crippen LogP contribution is -2.00. The number of hydrogen-bond donors (Lipinski definition) is 2. The van der Waals surface area contributed by atoms with Crippen LogP contribution in [0, 0.1) is 0 Å². The maximum atomic E-state index is 9.65. The Morgan fingerprint density at radius 1 is 1.43 bits per heavy atom. The minimum atomic E-state index is 0.341. The summed E-state index contributed by atoms with van der Waals surface area (Å²) < 4.78 is 4.97. The lowest BCUT2D eigenvalue weighted by atomic mass is 10.1. The first kappa shape index (κ1) is 11.0. The van der Waals surface area contributed by atoms with Crippen LogP contribution in [0.3, 0.4) is 0 Å². The molecule has 0 amide bonds. The average Bonchev–Trinajstić information content (AvgIpc) is 2.17. The molecule has 0 fully saturated rings. The molecule has 3 heteroatoms. The Morgan fingerprint density at radius 2 is 2.21 bits per heavy atom. The Labute approximate surface area is 84.5 Å². The molecule has 3 N–H and O–H groups in total. The molecule has 1 aromatic rings. The summed E-state index contributed by atoms with van der Waals surface area (Å²) in [7, 11) is 1.64. The summed E-state index contributed by atoms with van der Waals surface area (Å²) in [6.07, 6.45) is 1.73. The Bertz CT molecular complexity index is 287. The van der Waals surface area contributed by atoms with Crippen molar-refractivity contribution in [1.82, 2.24) is 0 Å². The molecule has 0 saturated heterocycles. The van der Waals surface area contributed by atoms with Gasteiger partial charge in [0.25, 0.3) is 0 Å². The Kier molecular flexibility index (Phi) is 4.43. The number of phenolic OH excluding ortho intramolecular Hbond substituents is 1. The molecule has 78 valence electrons. The predicted molar refractivity (Wildman–Crippen MR) is 56.2 cm³/mol. The first-order valence-electron chi connectivity index (χ1n) is 4.77. The number of aryl methyl sites for hydroxylation is 1. The van der Waals surface area contributed by atoms with E-state index in [4.69, 9.17) is 10.5 Å². The molecule has 0 aliphatic heterocycles. The summed E-state index contributed by atoms with van der Waals surface area (Å²) in [5, 5.41) is 9.65. The van der Waals surface area contributed by atoms with Gasteiger partial charge in [-0.05, 0) is 36.6 Å². The van der Waals surface area contributed by atoms with E-state index in [-0.39, 0.29) is 0 Å². The minimum Gasteiger partial charge on any atom is -0.508 e. The highest BCUT2D eigenvalue weighted by molar-refractivity contribution is 5.36. The van der Waals surface area contributed by atoms with Crippen LogP contribution in [-0.4, -0.2) is 18.8 Å². The smallest absolute Gasteiger partial charge is 0.119 e. The van der Waals surface area contributed by atoms with Gasteiger partial charge in [0.15, 0.2) is 0 Å². The SMILES string of the molecule is COCc1ccc(CCCN)c(O)c1. The molecule has 1 rings (SSSR count). The van der Waals surface area contributed by atoms with Crippen LogP contribution in [0.5, 0.6) is 5.75 Å². The monoisotopic (exact) mass is 195 g/mol. The van der Waals surface area contributed by atoms with Gasteiger partial charge >= 0.3 is 0 Å². The number of nitrogens with two attached hydrogens (primary N) is 1. The van der Waals surface area contributed by atoms with Crippen LogP contribution in [0.15, 0.2) is 18.2 Å².